The predicted molar refractivity (Wildman–Crippen MR) is 81.6 cm³/mol. The number of Topliss-reactive ketones (excluding diaryl/α,β-unsaturated/α-hetero) is 1. The Kier molecular flexibility index (Phi) is 5.81. The summed E-state index contributed by atoms with van der Waals surface area (Å²) in [5.74, 6) is -0.0713. The monoisotopic (exact) mass is 298 g/mol. The van der Waals surface area contributed by atoms with E-state index in [1.807, 2.05) is 45.3 Å². The van der Waals surface area contributed by atoms with Crippen molar-refractivity contribution in [2.45, 2.75) is 40.7 Å². The van der Waals surface area contributed by atoms with Crippen LogP contribution in [0.2, 0.25) is 0 Å². The van der Waals surface area contributed by atoms with Gasteiger partial charge in [-0.15, -0.1) is 11.6 Å². The largest absolute Gasteiger partial charge is 0.341 e. The van der Waals surface area contributed by atoms with Crippen LogP contribution in [0.4, 0.5) is 0 Å². The van der Waals surface area contributed by atoms with Crippen LogP contribution in [0, 0.1) is 13.8 Å². The van der Waals surface area contributed by atoms with Crippen LogP contribution in [-0.2, 0) is 4.79 Å². The van der Waals surface area contributed by atoms with Gasteiger partial charge in [-0.2, -0.15) is 0 Å². The van der Waals surface area contributed by atoms with Gasteiger partial charge >= 0.3 is 0 Å². The molecular formula is C15H23ClN2O2. The van der Waals surface area contributed by atoms with Gasteiger partial charge in [-0.05, 0) is 40.7 Å². The lowest BCUT2D eigenvalue weighted by molar-refractivity contribution is -0.133. The molecule has 1 heterocycles. The van der Waals surface area contributed by atoms with Crippen molar-refractivity contribution in [3.8, 4) is 0 Å². The second-order valence-corrected chi connectivity index (χ2v) is 5.17. The Labute approximate surface area is 125 Å². The average Bonchev–Trinajstić information content (AvgIpc) is 2.73. The SMILES string of the molecule is CCN(CC)C(=O)C(C)n1c(C)cc(C(=O)CCl)c1C. The maximum atomic E-state index is 12.5. The number of carbonyl (C=O) groups is 2. The molecule has 1 aromatic rings. The van der Waals surface area contributed by atoms with Crippen molar-refractivity contribution in [2.75, 3.05) is 19.0 Å². The lowest BCUT2D eigenvalue weighted by Gasteiger charge is -2.25. The normalized spacial score (nSPS) is 12.3. The molecule has 20 heavy (non-hydrogen) atoms. The molecule has 0 fully saturated rings. The van der Waals surface area contributed by atoms with E-state index in [4.69, 9.17) is 11.6 Å². The summed E-state index contributed by atoms with van der Waals surface area (Å²) in [5.41, 5.74) is 2.32. The van der Waals surface area contributed by atoms with Gasteiger partial charge in [0.2, 0.25) is 5.91 Å². The van der Waals surface area contributed by atoms with Crippen LogP contribution in [-0.4, -0.2) is 40.1 Å². The number of aryl methyl sites for hydroxylation is 1. The molecule has 0 radical (unpaired) electrons. The summed E-state index contributed by atoms with van der Waals surface area (Å²) in [6.07, 6.45) is 0. The molecule has 1 aromatic heterocycles. The molecule has 0 aliphatic heterocycles. The van der Waals surface area contributed by atoms with Crippen molar-refractivity contribution < 1.29 is 9.59 Å². The summed E-state index contributed by atoms with van der Waals surface area (Å²) in [4.78, 5) is 26.0. The second-order valence-electron chi connectivity index (χ2n) is 4.90. The summed E-state index contributed by atoms with van der Waals surface area (Å²) in [6.45, 7) is 10.9. The highest BCUT2D eigenvalue weighted by molar-refractivity contribution is 6.30. The lowest BCUT2D eigenvalue weighted by Crippen LogP contribution is -2.36. The highest BCUT2D eigenvalue weighted by Crippen LogP contribution is 2.22. The zero-order chi connectivity index (χ0) is 15.4. The Morgan fingerprint density at radius 1 is 1.30 bits per heavy atom. The van der Waals surface area contributed by atoms with Crippen molar-refractivity contribution in [2.24, 2.45) is 0 Å². The minimum Gasteiger partial charge on any atom is -0.341 e. The van der Waals surface area contributed by atoms with Crippen LogP contribution in [0.25, 0.3) is 0 Å². The molecule has 0 N–H and O–H groups in total. The zero-order valence-electron chi connectivity index (χ0n) is 12.9. The van der Waals surface area contributed by atoms with Crippen LogP contribution in [0.15, 0.2) is 6.07 Å². The molecule has 0 aromatic carbocycles. The number of hydrogen-bond acceptors (Lipinski definition) is 2. The Balaban J connectivity index is 3.17. The first-order valence-corrected chi connectivity index (χ1v) is 7.48. The Hall–Kier alpha value is -1.29. The number of carbonyl (C=O) groups excluding carboxylic acids is 2. The number of likely N-dealkylation sites (N-methyl/N-ethyl adjacent to an activating group) is 1. The van der Waals surface area contributed by atoms with Crippen molar-refractivity contribution >= 4 is 23.3 Å². The third-order valence-corrected chi connectivity index (χ3v) is 3.97. The molecule has 0 saturated carbocycles. The fourth-order valence-corrected chi connectivity index (χ4v) is 2.78. The number of ketones is 1. The first kappa shape index (κ1) is 16.8. The number of aromatic nitrogens is 1. The van der Waals surface area contributed by atoms with E-state index in [0.29, 0.717) is 18.7 Å². The highest BCUT2D eigenvalue weighted by atomic mass is 35.5. The number of halogens is 1. The average molecular weight is 299 g/mol. The van der Waals surface area contributed by atoms with Crippen molar-refractivity contribution in [3.05, 3.63) is 23.0 Å². The Morgan fingerprint density at radius 3 is 2.30 bits per heavy atom. The van der Waals surface area contributed by atoms with Gasteiger partial charge in [-0.25, -0.2) is 0 Å². The second kappa shape index (κ2) is 6.93. The van der Waals surface area contributed by atoms with Gasteiger partial charge in [-0.3, -0.25) is 9.59 Å². The maximum Gasteiger partial charge on any atom is 0.245 e. The molecule has 0 aliphatic carbocycles. The topological polar surface area (TPSA) is 42.3 Å². The standard InChI is InChI=1S/C15H23ClN2O2/c1-6-17(7-2)15(20)12(5)18-10(3)8-13(11(18)4)14(19)9-16/h8,12H,6-7,9H2,1-5H3. The number of rotatable bonds is 6. The zero-order valence-corrected chi connectivity index (χ0v) is 13.6. The summed E-state index contributed by atoms with van der Waals surface area (Å²) in [5, 5.41) is 0. The predicted octanol–water partition coefficient (Wildman–Crippen LogP) is 2.96. The fraction of sp³-hybridized carbons (Fsp3) is 0.600. The molecule has 1 amide bonds. The van der Waals surface area contributed by atoms with Crippen LogP contribution < -0.4 is 0 Å². The van der Waals surface area contributed by atoms with E-state index in [1.54, 1.807) is 4.90 Å². The minimum absolute atomic E-state index is 0.0390. The van der Waals surface area contributed by atoms with Crippen LogP contribution in [0.3, 0.4) is 0 Å². The van der Waals surface area contributed by atoms with Gasteiger partial charge in [-0.1, -0.05) is 0 Å². The van der Waals surface area contributed by atoms with E-state index in [2.05, 4.69) is 0 Å². The molecule has 1 unspecified atom stereocenters. The molecule has 112 valence electrons. The third-order valence-electron chi connectivity index (χ3n) is 3.73. The van der Waals surface area contributed by atoms with E-state index >= 15 is 0 Å². The number of hydrogen-bond donors (Lipinski definition) is 0. The van der Waals surface area contributed by atoms with Gasteiger partial charge in [0.1, 0.15) is 6.04 Å². The minimum atomic E-state index is -0.313. The first-order chi connectivity index (χ1) is 9.38. The molecule has 1 atom stereocenters. The van der Waals surface area contributed by atoms with Crippen LogP contribution in [0.1, 0.15) is 48.6 Å². The van der Waals surface area contributed by atoms with Crippen LogP contribution in [0.5, 0.6) is 0 Å². The fourth-order valence-electron chi connectivity index (χ4n) is 2.64. The summed E-state index contributed by atoms with van der Waals surface area (Å²) < 4.78 is 1.92. The maximum absolute atomic E-state index is 12.5. The summed E-state index contributed by atoms with van der Waals surface area (Å²) >= 11 is 5.62. The summed E-state index contributed by atoms with van der Waals surface area (Å²) in [6, 6.07) is 1.50. The number of amides is 1. The first-order valence-electron chi connectivity index (χ1n) is 6.95. The van der Waals surface area contributed by atoms with E-state index in [1.165, 1.54) is 0 Å². The van der Waals surface area contributed by atoms with E-state index in [-0.39, 0.29) is 23.6 Å². The molecule has 0 spiro atoms. The molecule has 0 bridgehead atoms. The Morgan fingerprint density at radius 2 is 1.85 bits per heavy atom. The van der Waals surface area contributed by atoms with Gasteiger partial charge in [0, 0.05) is 30.0 Å². The molecule has 0 aliphatic rings. The highest BCUT2D eigenvalue weighted by Gasteiger charge is 2.24. The quantitative estimate of drug-likeness (QED) is 0.598. The lowest BCUT2D eigenvalue weighted by atomic mass is 10.2. The van der Waals surface area contributed by atoms with Gasteiger partial charge in [0.25, 0.3) is 0 Å². The van der Waals surface area contributed by atoms with Crippen molar-refractivity contribution in [1.82, 2.24) is 9.47 Å². The van der Waals surface area contributed by atoms with Crippen molar-refractivity contribution in [1.29, 1.82) is 0 Å². The molecular weight excluding hydrogens is 276 g/mol. The van der Waals surface area contributed by atoms with Gasteiger partial charge in [0.15, 0.2) is 5.78 Å². The Bertz CT molecular complexity index is 504. The third kappa shape index (κ3) is 3.06. The van der Waals surface area contributed by atoms with E-state index < -0.39 is 0 Å². The van der Waals surface area contributed by atoms with Gasteiger partial charge < -0.3 is 9.47 Å². The van der Waals surface area contributed by atoms with E-state index in [0.717, 1.165) is 11.4 Å². The molecule has 4 nitrogen and oxygen atoms in total. The van der Waals surface area contributed by atoms with Crippen molar-refractivity contribution in [3.63, 3.8) is 0 Å². The number of nitrogens with zero attached hydrogens (tertiary/aromatic N) is 2. The van der Waals surface area contributed by atoms with Gasteiger partial charge in [0.05, 0.1) is 5.88 Å². The van der Waals surface area contributed by atoms with E-state index in [9.17, 15) is 9.59 Å². The molecule has 1 rings (SSSR count). The molecule has 0 saturated heterocycles. The molecule has 5 heteroatoms. The van der Waals surface area contributed by atoms with Crippen LogP contribution >= 0.6 is 11.6 Å². The smallest absolute Gasteiger partial charge is 0.245 e. The summed E-state index contributed by atoms with van der Waals surface area (Å²) in [7, 11) is 0. The number of alkyl halides is 1.